The number of sulfonamides is 1. The quantitative estimate of drug-likeness (QED) is 0.806. The zero-order valence-electron chi connectivity index (χ0n) is 16.3. The second-order valence-corrected chi connectivity index (χ2v) is 11.0. The van der Waals surface area contributed by atoms with E-state index in [1.54, 1.807) is 25.1 Å². The zero-order chi connectivity index (χ0) is 19.6. The van der Waals surface area contributed by atoms with Crippen LogP contribution in [0.5, 0.6) is 0 Å². The lowest BCUT2D eigenvalue weighted by Gasteiger charge is -2.43. The summed E-state index contributed by atoms with van der Waals surface area (Å²) in [5, 5.41) is 3.54. The maximum atomic E-state index is 12.6. The molecule has 2 atom stereocenters. The van der Waals surface area contributed by atoms with Crippen molar-refractivity contribution in [1.29, 1.82) is 0 Å². The molecule has 1 N–H and O–H groups in total. The molecule has 0 bridgehead atoms. The van der Waals surface area contributed by atoms with Crippen LogP contribution in [-0.4, -0.2) is 67.8 Å². The van der Waals surface area contributed by atoms with E-state index in [9.17, 15) is 13.2 Å². The van der Waals surface area contributed by atoms with E-state index < -0.39 is 10.0 Å². The number of carbonyl (C=O) groups is 1. The predicted molar refractivity (Wildman–Crippen MR) is 111 cm³/mol. The Hall–Kier alpha value is -1.09. The molecule has 0 unspecified atom stereocenters. The van der Waals surface area contributed by atoms with Gasteiger partial charge in [0.1, 0.15) is 0 Å². The minimum Gasteiger partial charge on any atom is -0.325 e. The van der Waals surface area contributed by atoms with Gasteiger partial charge in [-0.3, -0.25) is 9.69 Å². The van der Waals surface area contributed by atoms with Crippen LogP contribution in [-0.2, 0) is 14.8 Å². The first-order valence-corrected chi connectivity index (χ1v) is 12.0. The van der Waals surface area contributed by atoms with Crippen LogP contribution in [0.4, 0.5) is 5.69 Å². The number of benzene rings is 1. The van der Waals surface area contributed by atoms with Crippen molar-refractivity contribution in [1.82, 2.24) is 9.21 Å². The summed E-state index contributed by atoms with van der Waals surface area (Å²) in [7, 11) is -0.522. The molecular weight excluding hydrogens is 382 g/mol. The molecular formula is C19H29N3O3S2. The van der Waals surface area contributed by atoms with Gasteiger partial charge in [0.2, 0.25) is 15.9 Å². The molecule has 0 radical (unpaired) electrons. The SMILES string of the molecule is Cc1ccc(NC(=O)CN2CCS[C@H]3CCCC[C@@H]32)cc1S(=O)(=O)N(C)C. The van der Waals surface area contributed by atoms with E-state index in [0.717, 1.165) is 12.3 Å². The molecule has 1 aromatic carbocycles. The largest absolute Gasteiger partial charge is 0.325 e. The molecule has 1 heterocycles. The third-order valence-electron chi connectivity index (χ3n) is 5.42. The number of carbonyl (C=O) groups excluding carboxylic acids is 1. The van der Waals surface area contributed by atoms with Crippen molar-refractivity contribution in [3.05, 3.63) is 23.8 Å². The first kappa shape index (κ1) is 20.6. The highest BCUT2D eigenvalue weighted by Gasteiger charge is 2.34. The topological polar surface area (TPSA) is 69.7 Å². The van der Waals surface area contributed by atoms with E-state index in [0.29, 0.717) is 29.1 Å². The first-order chi connectivity index (χ1) is 12.8. The van der Waals surface area contributed by atoms with Crippen LogP contribution in [0.3, 0.4) is 0 Å². The summed E-state index contributed by atoms with van der Waals surface area (Å²) in [5.74, 6) is 0.993. The normalized spacial score (nSPS) is 23.9. The lowest BCUT2D eigenvalue weighted by molar-refractivity contribution is -0.118. The number of nitrogens with one attached hydrogen (secondary N) is 1. The van der Waals surface area contributed by atoms with Crippen LogP contribution in [0.1, 0.15) is 31.2 Å². The Morgan fingerprint density at radius 2 is 2.04 bits per heavy atom. The Morgan fingerprint density at radius 1 is 1.30 bits per heavy atom. The fourth-order valence-electron chi connectivity index (χ4n) is 3.91. The number of nitrogens with zero attached hydrogens (tertiary/aromatic N) is 2. The maximum Gasteiger partial charge on any atom is 0.242 e. The Morgan fingerprint density at radius 3 is 2.78 bits per heavy atom. The van der Waals surface area contributed by atoms with Crippen molar-refractivity contribution in [2.24, 2.45) is 0 Å². The van der Waals surface area contributed by atoms with Gasteiger partial charge < -0.3 is 5.32 Å². The molecule has 0 aromatic heterocycles. The van der Waals surface area contributed by atoms with E-state index in [4.69, 9.17) is 0 Å². The van der Waals surface area contributed by atoms with Crippen molar-refractivity contribution >= 4 is 33.4 Å². The number of fused-ring (bicyclic) bond motifs is 1. The molecule has 6 nitrogen and oxygen atoms in total. The smallest absolute Gasteiger partial charge is 0.242 e. The van der Waals surface area contributed by atoms with Crippen molar-refractivity contribution in [2.45, 2.75) is 48.8 Å². The second kappa shape index (κ2) is 8.51. The number of hydrogen-bond acceptors (Lipinski definition) is 5. The van der Waals surface area contributed by atoms with Crippen LogP contribution < -0.4 is 5.32 Å². The van der Waals surface area contributed by atoms with Crippen LogP contribution in [0, 0.1) is 6.92 Å². The third kappa shape index (κ3) is 4.67. The monoisotopic (exact) mass is 411 g/mol. The van der Waals surface area contributed by atoms with Gasteiger partial charge in [-0.25, -0.2) is 12.7 Å². The summed E-state index contributed by atoms with van der Waals surface area (Å²) < 4.78 is 26.1. The van der Waals surface area contributed by atoms with Gasteiger partial charge in [-0.15, -0.1) is 0 Å². The minimum absolute atomic E-state index is 0.0803. The molecule has 1 amide bonds. The van der Waals surface area contributed by atoms with Gasteiger partial charge in [-0.2, -0.15) is 11.8 Å². The summed E-state index contributed by atoms with van der Waals surface area (Å²) in [6, 6.07) is 5.54. The Kier molecular flexibility index (Phi) is 6.50. The number of amides is 1. The molecule has 1 saturated heterocycles. The zero-order valence-corrected chi connectivity index (χ0v) is 17.9. The summed E-state index contributed by atoms with van der Waals surface area (Å²) in [6.07, 6.45) is 4.95. The van der Waals surface area contributed by atoms with Crippen molar-refractivity contribution in [3.8, 4) is 0 Å². The van der Waals surface area contributed by atoms with Crippen LogP contribution >= 0.6 is 11.8 Å². The van der Waals surface area contributed by atoms with Gasteiger partial charge in [-0.1, -0.05) is 18.9 Å². The van der Waals surface area contributed by atoms with Crippen molar-refractivity contribution in [2.75, 3.05) is 38.3 Å². The third-order valence-corrected chi connectivity index (χ3v) is 8.78. The lowest BCUT2D eigenvalue weighted by atomic mass is 9.93. The standard InChI is InChI=1S/C19H29N3O3S2/c1-14-8-9-15(12-18(14)27(24,25)21(2)3)20-19(23)13-22-10-11-26-17-7-5-4-6-16(17)22/h8-9,12,16-17H,4-7,10-11,13H2,1-3H3,(H,20,23)/t16-,17-/m0/s1. The molecule has 2 aliphatic rings. The molecule has 1 aliphatic heterocycles. The van der Waals surface area contributed by atoms with Gasteiger partial charge in [-0.05, 0) is 37.5 Å². The minimum atomic E-state index is -3.54. The highest BCUT2D eigenvalue weighted by atomic mass is 32.2. The average Bonchev–Trinajstić information content (AvgIpc) is 2.63. The van der Waals surface area contributed by atoms with E-state index in [1.807, 2.05) is 11.8 Å². The van der Waals surface area contributed by atoms with Gasteiger partial charge in [0.25, 0.3) is 0 Å². The maximum absolute atomic E-state index is 12.6. The second-order valence-electron chi connectivity index (χ2n) is 7.55. The molecule has 1 aliphatic carbocycles. The van der Waals surface area contributed by atoms with Gasteiger partial charge >= 0.3 is 0 Å². The highest BCUT2D eigenvalue weighted by Crippen LogP contribution is 2.35. The highest BCUT2D eigenvalue weighted by molar-refractivity contribution is 8.00. The number of rotatable bonds is 5. The van der Waals surface area contributed by atoms with Crippen molar-refractivity contribution < 1.29 is 13.2 Å². The summed E-state index contributed by atoms with van der Waals surface area (Å²) in [5.41, 5.74) is 1.19. The van der Waals surface area contributed by atoms with Gasteiger partial charge in [0.05, 0.1) is 11.4 Å². The lowest BCUT2D eigenvalue weighted by Crippen LogP contribution is -2.51. The fourth-order valence-corrected chi connectivity index (χ4v) is 6.56. The Labute approximate surface area is 166 Å². The molecule has 8 heteroatoms. The van der Waals surface area contributed by atoms with E-state index in [1.165, 1.54) is 44.1 Å². The first-order valence-electron chi connectivity index (χ1n) is 9.48. The number of anilines is 1. The van der Waals surface area contributed by atoms with Crippen LogP contribution in [0.2, 0.25) is 0 Å². The van der Waals surface area contributed by atoms with E-state index >= 15 is 0 Å². The van der Waals surface area contributed by atoms with Gasteiger partial charge in [0, 0.05) is 43.4 Å². The number of aryl methyl sites for hydroxylation is 1. The van der Waals surface area contributed by atoms with E-state index in [2.05, 4.69) is 10.2 Å². The fraction of sp³-hybridized carbons (Fsp3) is 0.632. The summed E-state index contributed by atoms with van der Waals surface area (Å²) >= 11 is 2.05. The van der Waals surface area contributed by atoms with E-state index in [-0.39, 0.29) is 10.8 Å². The Balaban J connectivity index is 1.69. The van der Waals surface area contributed by atoms with Crippen molar-refractivity contribution in [3.63, 3.8) is 0 Å². The molecule has 27 heavy (non-hydrogen) atoms. The summed E-state index contributed by atoms with van der Waals surface area (Å²) in [4.78, 5) is 15.2. The molecule has 2 fully saturated rings. The summed E-state index contributed by atoms with van der Waals surface area (Å²) in [6.45, 7) is 3.06. The molecule has 0 spiro atoms. The van der Waals surface area contributed by atoms with Crippen LogP contribution in [0.15, 0.2) is 23.1 Å². The van der Waals surface area contributed by atoms with Crippen LogP contribution in [0.25, 0.3) is 0 Å². The number of thioether (sulfide) groups is 1. The Bertz CT molecular complexity index is 793. The molecule has 3 rings (SSSR count). The number of hydrogen-bond donors (Lipinski definition) is 1. The predicted octanol–water partition coefficient (Wildman–Crippen LogP) is 2.54. The average molecular weight is 412 g/mol. The molecule has 1 saturated carbocycles. The molecule has 1 aromatic rings. The molecule has 150 valence electrons. The van der Waals surface area contributed by atoms with Gasteiger partial charge in [0.15, 0.2) is 0 Å².